The van der Waals surface area contributed by atoms with Crippen molar-refractivity contribution < 1.29 is 23.2 Å². The first-order valence-electron chi connectivity index (χ1n) is 3.69. The Hall–Kier alpha value is -2.05. The first kappa shape index (κ1) is 11.0. The third-order valence-corrected chi connectivity index (χ3v) is 1.66. The third-order valence-electron chi connectivity index (χ3n) is 1.66. The number of rotatable bonds is 2. The Morgan fingerprint density at radius 2 is 2.00 bits per heavy atom. The van der Waals surface area contributed by atoms with Crippen LogP contribution in [0.5, 0.6) is 0 Å². The van der Waals surface area contributed by atoms with E-state index in [1.54, 1.807) is 0 Å². The number of nitro benzene ring substituents is 1. The SMILES string of the molecule is COC(=O)c1ccc([N+](=O)[O-])c(F)c1F. The molecule has 0 fully saturated rings. The number of carbonyl (C=O) groups is 1. The van der Waals surface area contributed by atoms with Crippen LogP contribution in [0.1, 0.15) is 10.4 Å². The van der Waals surface area contributed by atoms with Crippen LogP contribution >= 0.6 is 0 Å². The molecule has 0 unspecified atom stereocenters. The van der Waals surface area contributed by atoms with E-state index < -0.39 is 33.8 Å². The minimum Gasteiger partial charge on any atom is -0.465 e. The molecule has 1 rings (SSSR count). The van der Waals surface area contributed by atoms with Gasteiger partial charge in [0.2, 0.25) is 5.82 Å². The summed E-state index contributed by atoms with van der Waals surface area (Å²) in [6.07, 6.45) is 0. The fourth-order valence-corrected chi connectivity index (χ4v) is 0.948. The highest BCUT2D eigenvalue weighted by Gasteiger charge is 2.24. The van der Waals surface area contributed by atoms with Gasteiger partial charge in [-0.3, -0.25) is 10.1 Å². The number of halogens is 2. The molecule has 1 aromatic rings. The maximum absolute atomic E-state index is 13.1. The summed E-state index contributed by atoms with van der Waals surface area (Å²) in [4.78, 5) is 20.0. The molecule has 0 bridgehead atoms. The number of nitrogens with zero attached hydrogens (tertiary/aromatic N) is 1. The zero-order chi connectivity index (χ0) is 11.6. The van der Waals surface area contributed by atoms with Crippen molar-refractivity contribution in [3.63, 3.8) is 0 Å². The van der Waals surface area contributed by atoms with Crippen molar-refractivity contribution in [3.05, 3.63) is 39.4 Å². The lowest BCUT2D eigenvalue weighted by atomic mass is 10.2. The van der Waals surface area contributed by atoms with Gasteiger partial charge in [-0.25, -0.2) is 9.18 Å². The summed E-state index contributed by atoms with van der Waals surface area (Å²) >= 11 is 0. The molecule has 0 aliphatic carbocycles. The predicted molar refractivity (Wildman–Crippen MR) is 44.4 cm³/mol. The average molecular weight is 217 g/mol. The predicted octanol–water partition coefficient (Wildman–Crippen LogP) is 1.66. The molecule has 1 aromatic carbocycles. The molecule has 0 aromatic heterocycles. The Bertz CT molecular complexity index is 433. The van der Waals surface area contributed by atoms with Crippen molar-refractivity contribution in [1.29, 1.82) is 0 Å². The van der Waals surface area contributed by atoms with Crippen molar-refractivity contribution in [2.24, 2.45) is 0 Å². The maximum Gasteiger partial charge on any atom is 0.340 e. The van der Waals surface area contributed by atoms with Gasteiger partial charge < -0.3 is 4.74 Å². The van der Waals surface area contributed by atoms with Crippen LogP contribution in [-0.2, 0) is 4.74 Å². The molecule has 15 heavy (non-hydrogen) atoms. The van der Waals surface area contributed by atoms with Crippen LogP contribution in [0.25, 0.3) is 0 Å². The average Bonchev–Trinajstić information content (AvgIpc) is 2.20. The van der Waals surface area contributed by atoms with E-state index in [-0.39, 0.29) is 0 Å². The second-order valence-electron chi connectivity index (χ2n) is 2.51. The third kappa shape index (κ3) is 1.90. The van der Waals surface area contributed by atoms with Crippen LogP contribution in [0.2, 0.25) is 0 Å². The summed E-state index contributed by atoms with van der Waals surface area (Å²) in [5.74, 6) is -4.36. The van der Waals surface area contributed by atoms with Gasteiger partial charge in [0.25, 0.3) is 0 Å². The number of esters is 1. The molecular formula is C8H5F2NO4. The van der Waals surface area contributed by atoms with Gasteiger partial charge >= 0.3 is 11.7 Å². The molecule has 0 N–H and O–H groups in total. The summed E-state index contributed by atoms with van der Waals surface area (Å²) in [5.41, 5.74) is -1.71. The summed E-state index contributed by atoms with van der Waals surface area (Å²) in [5, 5.41) is 10.2. The molecule has 0 saturated carbocycles. The second-order valence-corrected chi connectivity index (χ2v) is 2.51. The van der Waals surface area contributed by atoms with E-state index in [1.807, 2.05) is 0 Å². The highest BCUT2D eigenvalue weighted by molar-refractivity contribution is 5.89. The summed E-state index contributed by atoms with van der Waals surface area (Å²) in [6.45, 7) is 0. The van der Waals surface area contributed by atoms with Crippen LogP contribution in [0.4, 0.5) is 14.5 Å². The Kier molecular flexibility index (Phi) is 2.93. The summed E-state index contributed by atoms with van der Waals surface area (Å²) < 4.78 is 30.2. The molecule has 0 saturated heterocycles. The highest BCUT2D eigenvalue weighted by Crippen LogP contribution is 2.22. The fourth-order valence-electron chi connectivity index (χ4n) is 0.948. The van der Waals surface area contributed by atoms with Crippen LogP contribution in [-0.4, -0.2) is 18.0 Å². The first-order chi connectivity index (χ1) is 6.99. The Morgan fingerprint density at radius 1 is 1.40 bits per heavy atom. The van der Waals surface area contributed by atoms with Gasteiger partial charge in [0.05, 0.1) is 17.6 Å². The second kappa shape index (κ2) is 3.99. The number of methoxy groups -OCH3 is 1. The van der Waals surface area contributed by atoms with E-state index >= 15 is 0 Å². The number of hydrogen-bond donors (Lipinski definition) is 0. The molecule has 0 heterocycles. The van der Waals surface area contributed by atoms with Gasteiger partial charge in [-0.1, -0.05) is 0 Å². The zero-order valence-electron chi connectivity index (χ0n) is 7.49. The molecule has 5 nitrogen and oxygen atoms in total. The van der Waals surface area contributed by atoms with Crippen molar-refractivity contribution in [2.45, 2.75) is 0 Å². The van der Waals surface area contributed by atoms with E-state index in [0.717, 1.165) is 13.2 Å². The van der Waals surface area contributed by atoms with Gasteiger partial charge in [-0.15, -0.1) is 0 Å². The lowest BCUT2D eigenvalue weighted by Crippen LogP contribution is -2.07. The minimum atomic E-state index is -1.68. The number of hydrogen-bond acceptors (Lipinski definition) is 4. The lowest BCUT2D eigenvalue weighted by Gasteiger charge is -2.01. The largest absolute Gasteiger partial charge is 0.465 e. The molecule has 0 atom stereocenters. The number of nitro groups is 1. The number of benzene rings is 1. The molecule has 0 aliphatic rings. The smallest absolute Gasteiger partial charge is 0.340 e. The van der Waals surface area contributed by atoms with Crippen LogP contribution in [0.15, 0.2) is 12.1 Å². The molecule has 0 amide bonds. The van der Waals surface area contributed by atoms with Crippen LogP contribution < -0.4 is 0 Å². The highest BCUT2D eigenvalue weighted by atomic mass is 19.2. The Labute approximate surface area is 82.4 Å². The van der Waals surface area contributed by atoms with E-state index in [4.69, 9.17) is 0 Å². The number of carbonyl (C=O) groups excluding carboxylic acids is 1. The van der Waals surface area contributed by atoms with Gasteiger partial charge in [0.15, 0.2) is 5.82 Å². The van der Waals surface area contributed by atoms with E-state index in [9.17, 15) is 23.7 Å². The minimum absolute atomic E-state index is 0.680. The number of ether oxygens (including phenoxy) is 1. The van der Waals surface area contributed by atoms with E-state index in [0.29, 0.717) is 6.07 Å². The molecule has 0 radical (unpaired) electrons. The Balaban J connectivity index is 3.33. The first-order valence-corrected chi connectivity index (χ1v) is 3.69. The monoisotopic (exact) mass is 217 g/mol. The lowest BCUT2D eigenvalue weighted by molar-refractivity contribution is -0.387. The normalized spacial score (nSPS) is 9.80. The molecule has 0 aliphatic heterocycles. The fraction of sp³-hybridized carbons (Fsp3) is 0.125. The Morgan fingerprint density at radius 3 is 2.47 bits per heavy atom. The zero-order valence-corrected chi connectivity index (χ0v) is 7.49. The molecule has 7 heteroatoms. The quantitative estimate of drug-likeness (QED) is 0.429. The van der Waals surface area contributed by atoms with Crippen molar-refractivity contribution in [2.75, 3.05) is 7.11 Å². The van der Waals surface area contributed by atoms with Gasteiger partial charge in [-0.2, -0.15) is 4.39 Å². The van der Waals surface area contributed by atoms with E-state index in [1.165, 1.54) is 0 Å². The topological polar surface area (TPSA) is 69.4 Å². The van der Waals surface area contributed by atoms with Gasteiger partial charge in [-0.05, 0) is 6.07 Å². The van der Waals surface area contributed by atoms with Gasteiger partial charge in [0.1, 0.15) is 0 Å². The van der Waals surface area contributed by atoms with E-state index in [2.05, 4.69) is 4.74 Å². The van der Waals surface area contributed by atoms with Crippen LogP contribution in [0.3, 0.4) is 0 Å². The summed E-state index contributed by atoms with van der Waals surface area (Å²) in [6, 6.07) is 1.49. The molecule has 0 spiro atoms. The standard InChI is InChI=1S/C8H5F2NO4/c1-15-8(12)4-2-3-5(11(13)14)7(10)6(4)9/h2-3H,1H3. The maximum atomic E-state index is 13.1. The van der Waals surface area contributed by atoms with Crippen LogP contribution in [0, 0.1) is 21.7 Å². The van der Waals surface area contributed by atoms with Gasteiger partial charge in [0, 0.05) is 6.07 Å². The summed E-state index contributed by atoms with van der Waals surface area (Å²) in [7, 11) is 0.987. The van der Waals surface area contributed by atoms with Crippen molar-refractivity contribution in [1.82, 2.24) is 0 Å². The van der Waals surface area contributed by atoms with Crippen molar-refractivity contribution in [3.8, 4) is 0 Å². The molecular weight excluding hydrogens is 212 g/mol. The van der Waals surface area contributed by atoms with Crippen molar-refractivity contribution >= 4 is 11.7 Å². The molecule has 80 valence electrons.